The lowest BCUT2D eigenvalue weighted by Gasteiger charge is -2.06. The number of phenolic OH excluding ortho intramolecular Hbond substituents is 1. The van der Waals surface area contributed by atoms with Crippen molar-refractivity contribution in [1.29, 1.82) is 0 Å². The third-order valence-electron chi connectivity index (χ3n) is 3.45. The van der Waals surface area contributed by atoms with Crippen LogP contribution in [0, 0.1) is 0 Å². The number of halogens is 2. The fraction of sp³-hybridized carbons (Fsp3) is 0.118. The minimum Gasteiger partial charge on any atom is -0.504 e. The number of nitrogens with one attached hydrogen (secondary N) is 1. The van der Waals surface area contributed by atoms with Crippen LogP contribution >= 0.6 is 23.2 Å². The summed E-state index contributed by atoms with van der Waals surface area (Å²) in [5, 5.41) is 21.3. The predicted octanol–water partition coefficient (Wildman–Crippen LogP) is 3.87. The highest BCUT2D eigenvalue weighted by Crippen LogP contribution is 2.34. The molecule has 1 aliphatic heterocycles. The van der Waals surface area contributed by atoms with Crippen LogP contribution in [0.3, 0.4) is 0 Å². The molecule has 1 amide bonds. The first-order valence-electron chi connectivity index (χ1n) is 7.37. The third kappa shape index (κ3) is 3.45. The zero-order chi connectivity index (χ0) is 18.0. The van der Waals surface area contributed by atoms with E-state index in [1.165, 1.54) is 12.3 Å². The molecule has 1 aliphatic rings. The maximum Gasteiger partial charge on any atom is 0.276 e. The van der Waals surface area contributed by atoms with E-state index < -0.39 is 5.91 Å². The van der Waals surface area contributed by atoms with Gasteiger partial charge in [-0.3, -0.25) is 4.79 Å². The lowest BCUT2D eigenvalue weighted by Crippen LogP contribution is -2.13. The van der Waals surface area contributed by atoms with Crippen LogP contribution in [0.4, 0.5) is 5.69 Å². The zero-order valence-corrected chi connectivity index (χ0v) is 14.6. The summed E-state index contributed by atoms with van der Waals surface area (Å²) in [5.74, 6) is -0.124. The summed E-state index contributed by atoms with van der Waals surface area (Å²) < 4.78 is 5.31. The molecule has 0 atom stereocenters. The van der Waals surface area contributed by atoms with Crippen molar-refractivity contribution in [3.8, 4) is 11.5 Å². The van der Waals surface area contributed by atoms with Crippen molar-refractivity contribution in [1.82, 2.24) is 0 Å². The number of amides is 1. The van der Waals surface area contributed by atoms with E-state index in [4.69, 9.17) is 27.9 Å². The standard InChI is InChI=1S/C17H13Cl2N3O3/c1-2-25-13-5-3-4-9(16(13)23)8-20-22-15-11-6-10(18)7-12(19)14(11)21-17(15)24/h3-8,23H,2H2,1H3,(H,21,22,24)/b20-8+. The van der Waals surface area contributed by atoms with Gasteiger partial charge in [0.2, 0.25) is 0 Å². The van der Waals surface area contributed by atoms with Gasteiger partial charge in [0.05, 0.1) is 23.5 Å². The van der Waals surface area contributed by atoms with E-state index in [1.54, 1.807) is 24.3 Å². The van der Waals surface area contributed by atoms with Crippen LogP contribution in [-0.2, 0) is 4.79 Å². The molecule has 2 N–H and O–H groups in total. The molecule has 0 saturated heterocycles. The SMILES string of the molecule is CCOc1cccc(/C=N/N=C2/C(=O)Nc3c(Cl)cc(Cl)cc32)c1O. The monoisotopic (exact) mass is 377 g/mol. The number of benzene rings is 2. The Hall–Kier alpha value is -2.57. The number of aromatic hydroxyl groups is 1. The summed E-state index contributed by atoms with van der Waals surface area (Å²) in [7, 11) is 0. The highest BCUT2D eigenvalue weighted by molar-refractivity contribution is 6.56. The van der Waals surface area contributed by atoms with Gasteiger partial charge in [0.1, 0.15) is 0 Å². The fourth-order valence-corrected chi connectivity index (χ4v) is 2.89. The maximum atomic E-state index is 12.1. The molecule has 0 aliphatic carbocycles. The van der Waals surface area contributed by atoms with Gasteiger partial charge in [0, 0.05) is 16.1 Å². The molecule has 0 aromatic heterocycles. The molecule has 3 rings (SSSR count). The van der Waals surface area contributed by atoms with Crippen LogP contribution in [0.15, 0.2) is 40.5 Å². The van der Waals surface area contributed by atoms with E-state index in [0.717, 1.165) is 0 Å². The molecule has 0 bridgehead atoms. The van der Waals surface area contributed by atoms with Crippen LogP contribution in [0.5, 0.6) is 11.5 Å². The van der Waals surface area contributed by atoms with Crippen molar-refractivity contribution in [2.24, 2.45) is 10.2 Å². The van der Waals surface area contributed by atoms with Crippen LogP contribution < -0.4 is 10.1 Å². The van der Waals surface area contributed by atoms with Gasteiger partial charge in [-0.05, 0) is 31.2 Å². The molecule has 0 fully saturated rings. The number of ether oxygens (including phenoxy) is 1. The number of carbonyl (C=O) groups is 1. The molecule has 8 heteroatoms. The Morgan fingerprint density at radius 2 is 2.12 bits per heavy atom. The summed E-state index contributed by atoms with van der Waals surface area (Å²) in [6.45, 7) is 2.24. The van der Waals surface area contributed by atoms with Crippen molar-refractivity contribution in [2.45, 2.75) is 6.92 Å². The molecule has 128 valence electrons. The minimum atomic E-state index is -0.427. The number of hydrogen-bond acceptors (Lipinski definition) is 5. The Labute approximate surface area is 153 Å². The Kier molecular flexibility index (Phi) is 4.92. The van der Waals surface area contributed by atoms with Crippen LogP contribution in [0.2, 0.25) is 10.0 Å². The first-order valence-corrected chi connectivity index (χ1v) is 8.13. The molecule has 0 saturated carbocycles. The van der Waals surface area contributed by atoms with Gasteiger partial charge in [-0.15, -0.1) is 5.10 Å². The van der Waals surface area contributed by atoms with E-state index in [-0.39, 0.29) is 11.5 Å². The Bertz CT molecular complexity index is 910. The van der Waals surface area contributed by atoms with E-state index in [2.05, 4.69) is 15.5 Å². The second-order valence-corrected chi connectivity index (χ2v) is 5.93. The second-order valence-electron chi connectivity index (χ2n) is 5.08. The number of phenols is 1. The van der Waals surface area contributed by atoms with E-state index in [0.29, 0.717) is 39.2 Å². The summed E-state index contributed by atoms with van der Waals surface area (Å²) in [6, 6.07) is 8.13. The van der Waals surface area contributed by atoms with E-state index >= 15 is 0 Å². The van der Waals surface area contributed by atoms with E-state index in [1.807, 2.05) is 6.92 Å². The van der Waals surface area contributed by atoms with Crippen molar-refractivity contribution in [3.63, 3.8) is 0 Å². The lowest BCUT2D eigenvalue weighted by molar-refractivity contribution is -0.110. The molecule has 1 heterocycles. The molecule has 6 nitrogen and oxygen atoms in total. The number of para-hydroxylation sites is 1. The first kappa shape index (κ1) is 17.3. The van der Waals surface area contributed by atoms with Gasteiger partial charge < -0.3 is 15.2 Å². The Morgan fingerprint density at radius 3 is 2.88 bits per heavy atom. The van der Waals surface area contributed by atoms with Gasteiger partial charge >= 0.3 is 0 Å². The Balaban J connectivity index is 1.92. The van der Waals surface area contributed by atoms with Crippen LogP contribution in [0.1, 0.15) is 18.1 Å². The number of hydrogen-bond donors (Lipinski definition) is 2. The van der Waals surface area contributed by atoms with Gasteiger partial charge in [0.25, 0.3) is 5.91 Å². The number of carbonyl (C=O) groups excluding carboxylic acids is 1. The molecule has 2 aromatic rings. The topological polar surface area (TPSA) is 83.3 Å². The van der Waals surface area contributed by atoms with Gasteiger partial charge in [-0.1, -0.05) is 29.3 Å². The zero-order valence-electron chi connectivity index (χ0n) is 13.1. The molecule has 0 radical (unpaired) electrons. The number of fused-ring (bicyclic) bond motifs is 1. The Morgan fingerprint density at radius 1 is 1.32 bits per heavy atom. The van der Waals surface area contributed by atoms with Crippen molar-refractivity contribution >= 4 is 46.7 Å². The molecule has 25 heavy (non-hydrogen) atoms. The molecule has 0 spiro atoms. The van der Waals surface area contributed by atoms with E-state index in [9.17, 15) is 9.90 Å². The minimum absolute atomic E-state index is 0.0457. The smallest absolute Gasteiger partial charge is 0.276 e. The first-order chi connectivity index (χ1) is 12.0. The maximum absolute atomic E-state index is 12.1. The normalized spacial score (nSPS) is 14.8. The van der Waals surface area contributed by atoms with Crippen LogP contribution in [0.25, 0.3) is 0 Å². The highest BCUT2D eigenvalue weighted by atomic mass is 35.5. The average Bonchev–Trinajstić information content (AvgIpc) is 2.88. The number of nitrogens with zero attached hydrogens (tertiary/aromatic N) is 2. The average molecular weight is 378 g/mol. The van der Waals surface area contributed by atoms with Gasteiger partial charge in [-0.2, -0.15) is 5.10 Å². The van der Waals surface area contributed by atoms with Crippen molar-refractivity contribution in [2.75, 3.05) is 11.9 Å². The summed E-state index contributed by atoms with van der Waals surface area (Å²) >= 11 is 12.0. The predicted molar refractivity (Wildman–Crippen MR) is 98.5 cm³/mol. The number of anilines is 1. The summed E-state index contributed by atoms with van der Waals surface area (Å²) in [6.07, 6.45) is 1.34. The molecule has 2 aromatic carbocycles. The van der Waals surface area contributed by atoms with Crippen LogP contribution in [-0.4, -0.2) is 29.5 Å². The highest BCUT2D eigenvalue weighted by Gasteiger charge is 2.28. The molecule has 0 unspecified atom stereocenters. The molecular weight excluding hydrogens is 365 g/mol. The van der Waals surface area contributed by atoms with Crippen molar-refractivity contribution in [3.05, 3.63) is 51.5 Å². The lowest BCUT2D eigenvalue weighted by atomic mass is 10.1. The second kappa shape index (κ2) is 7.13. The largest absolute Gasteiger partial charge is 0.504 e. The summed E-state index contributed by atoms with van der Waals surface area (Å²) in [4.78, 5) is 12.1. The summed E-state index contributed by atoms with van der Waals surface area (Å²) in [5.41, 5.74) is 1.44. The molecular formula is C17H13Cl2N3O3. The van der Waals surface area contributed by atoms with Crippen molar-refractivity contribution < 1.29 is 14.6 Å². The number of rotatable bonds is 4. The fourth-order valence-electron chi connectivity index (χ4n) is 2.35. The quantitative estimate of drug-likeness (QED) is 0.626. The third-order valence-corrected chi connectivity index (χ3v) is 3.96. The van der Waals surface area contributed by atoms with Gasteiger partial charge in [-0.25, -0.2) is 0 Å². The van der Waals surface area contributed by atoms with Gasteiger partial charge in [0.15, 0.2) is 17.2 Å².